The Hall–Kier alpha value is -1.69. The van der Waals surface area contributed by atoms with Crippen LogP contribution in [0.5, 0.6) is 0 Å². The summed E-state index contributed by atoms with van der Waals surface area (Å²) in [4.78, 5) is 9.30. The molecular weight excluding hydrogens is 266 g/mol. The number of rotatable bonds is 5. The molecule has 1 fully saturated rings. The molecule has 1 saturated heterocycles. The highest BCUT2D eigenvalue weighted by Crippen LogP contribution is 2.24. The number of ether oxygens (including phenoxy) is 1. The third-order valence-electron chi connectivity index (χ3n) is 3.94. The molecule has 0 bridgehead atoms. The molecule has 114 valence electrons. The maximum absolute atomic E-state index is 5.68. The Kier molecular flexibility index (Phi) is 4.05. The Morgan fingerprint density at radius 2 is 2.19 bits per heavy atom. The van der Waals surface area contributed by atoms with Gasteiger partial charge in [0.25, 0.3) is 0 Å². The summed E-state index contributed by atoms with van der Waals surface area (Å²) in [7, 11) is 0. The normalized spacial score (nSPS) is 18.5. The van der Waals surface area contributed by atoms with Gasteiger partial charge in [-0.1, -0.05) is 6.92 Å². The minimum Gasteiger partial charge on any atom is -0.376 e. The van der Waals surface area contributed by atoms with E-state index in [2.05, 4.69) is 34.2 Å². The number of nitrogens with zero attached hydrogens (tertiary/aromatic N) is 4. The van der Waals surface area contributed by atoms with Crippen LogP contribution in [0.1, 0.15) is 38.2 Å². The predicted octanol–water partition coefficient (Wildman–Crippen LogP) is 2.31. The number of anilines is 1. The maximum Gasteiger partial charge on any atom is 0.156 e. The van der Waals surface area contributed by atoms with Crippen LogP contribution >= 0.6 is 0 Å². The molecule has 0 unspecified atom stereocenters. The second-order valence-corrected chi connectivity index (χ2v) is 5.46. The first-order valence-corrected chi connectivity index (χ1v) is 7.82. The third-order valence-corrected chi connectivity index (χ3v) is 3.94. The van der Waals surface area contributed by atoms with E-state index in [1.165, 1.54) is 0 Å². The molecule has 1 aliphatic rings. The highest BCUT2D eigenvalue weighted by Gasteiger charge is 2.19. The molecule has 6 nitrogen and oxygen atoms in total. The van der Waals surface area contributed by atoms with Crippen LogP contribution in [0, 0.1) is 6.92 Å². The van der Waals surface area contributed by atoms with Gasteiger partial charge < -0.3 is 10.1 Å². The average Bonchev–Trinajstić information content (AvgIpc) is 3.13. The van der Waals surface area contributed by atoms with Crippen molar-refractivity contribution in [2.45, 2.75) is 52.7 Å². The van der Waals surface area contributed by atoms with E-state index in [4.69, 9.17) is 4.74 Å². The fourth-order valence-electron chi connectivity index (χ4n) is 2.80. The predicted molar refractivity (Wildman–Crippen MR) is 82.6 cm³/mol. The molecule has 6 heteroatoms. The fourth-order valence-corrected chi connectivity index (χ4v) is 2.80. The van der Waals surface area contributed by atoms with Gasteiger partial charge in [0.05, 0.1) is 11.8 Å². The first-order valence-electron chi connectivity index (χ1n) is 7.82. The summed E-state index contributed by atoms with van der Waals surface area (Å²) < 4.78 is 7.65. The molecule has 2 aromatic heterocycles. The van der Waals surface area contributed by atoms with Crippen LogP contribution in [0.15, 0.2) is 0 Å². The molecule has 1 aliphatic heterocycles. The van der Waals surface area contributed by atoms with E-state index in [9.17, 15) is 0 Å². The third kappa shape index (κ3) is 2.72. The number of aryl methyl sites for hydroxylation is 3. The van der Waals surface area contributed by atoms with Crippen LogP contribution in [0.3, 0.4) is 0 Å². The lowest BCUT2D eigenvalue weighted by molar-refractivity contribution is 0.120. The molecule has 0 radical (unpaired) electrons. The first-order chi connectivity index (χ1) is 10.2. The zero-order valence-electron chi connectivity index (χ0n) is 13.0. The maximum atomic E-state index is 5.68. The Morgan fingerprint density at radius 3 is 2.86 bits per heavy atom. The van der Waals surface area contributed by atoms with E-state index >= 15 is 0 Å². The van der Waals surface area contributed by atoms with Crippen molar-refractivity contribution < 1.29 is 4.74 Å². The van der Waals surface area contributed by atoms with E-state index in [-0.39, 0.29) is 0 Å². The Bertz CT molecular complexity index is 631. The lowest BCUT2D eigenvalue weighted by atomic mass is 10.2. The van der Waals surface area contributed by atoms with Gasteiger partial charge in [-0.25, -0.2) is 9.97 Å². The average molecular weight is 289 g/mol. The Labute approximate surface area is 124 Å². The SMILES string of the molecule is CCc1nc(NC[C@H]2CCCO2)c2c(n1)c(C)nn2CC. The van der Waals surface area contributed by atoms with Gasteiger partial charge >= 0.3 is 0 Å². The number of nitrogens with one attached hydrogen (secondary N) is 1. The Morgan fingerprint density at radius 1 is 1.33 bits per heavy atom. The van der Waals surface area contributed by atoms with Crippen molar-refractivity contribution in [3.63, 3.8) is 0 Å². The molecule has 3 rings (SSSR count). The van der Waals surface area contributed by atoms with Crippen molar-refractivity contribution in [3.8, 4) is 0 Å². The molecule has 0 amide bonds. The van der Waals surface area contributed by atoms with Gasteiger partial charge in [0.1, 0.15) is 16.9 Å². The van der Waals surface area contributed by atoms with Gasteiger partial charge in [0, 0.05) is 26.1 Å². The van der Waals surface area contributed by atoms with Gasteiger partial charge in [-0.05, 0) is 26.7 Å². The summed E-state index contributed by atoms with van der Waals surface area (Å²) in [6.45, 7) is 8.65. The minimum atomic E-state index is 0.291. The summed E-state index contributed by atoms with van der Waals surface area (Å²) in [5, 5.41) is 8.02. The number of hydrogen-bond donors (Lipinski definition) is 1. The quantitative estimate of drug-likeness (QED) is 0.915. The zero-order valence-corrected chi connectivity index (χ0v) is 13.0. The van der Waals surface area contributed by atoms with Crippen molar-refractivity contribution in [1.29, 1.82) is 0 Å². The number of fused-ring (bicyclic) bond motifs is 1. The lowest BCUT2D eigenvalue weighted by Gasteiger charge is -2.13. The van der Waals surface area contributed by atoms with Crippen LogP contribution in [0.2, 0.25) is 0 Å². The number of hydrogen-bond acceptors (Lipinski definition) is 5. The molecule has 0 saturated carbocycles. The Balaban J connectivity index is 1.97. The molecule has 1 N–H and O–H groups in total. The summed E-state index contributed by atoms with van der Waals surface area (Å²) >= 11 is 0. The van der Waals surface area contributed by atoms with Crippen molar-refractivity contribution in [2.24, 2.45) is 0 Å². The van der Waals surface area contributed by atoms with Crippen molar-refractivity contribution in [2.75, 3.05) is 18.5 Å². The zero-order chi connectivity index (χ0) is 14.8. The first kappa shape index (κ1) is 14.3. The van der Waals surface area contributed by atoms with E-state index in [0.29, 0.717) is 6.10 Å². The van der Waals surface area contributed by atoms with Crippen LogP contribution in [-0.4, -0.2) is 39.0 Å². The van der Waals surface area contributed by atoms with Gasteiger partial charge in [-0.15, -0.1) is 0 Å². The van der Waals surface area contributed by atoms with E-state index in [1.807, 2.05) is 11.6 Å². The van der Waals surface area contributed by atoms with E-state index in [0.717, 1.165) is 67.3 Å². The van der Waals surface area contributed by atoms with Crippen LogP contribution in [0.25, 0.3) is 11.0 Å². The van der Waals surface area contributed by atoms with Crippen molar-refractivity contribution >= 4 is 16.9 Å². The van der Waals surface area contributed by atoms with E-state index < -0.39 is 0 Å². The molecule has 0 aliphatic carbocycles. The second-order valence-electron chi connectivity index (χ2n) is 5.46. The molecule has 1 atom stereocenters. The van der Waals surface area contributed by atoms with Gasteiger partial charge in [-0.2, -0.15) is 5.10 Å². The minimum absolute atomic E-state index is 0.291. The molecule has 0 spiro atoms. The topological polar surface area (TPSA) is 64.9 Å². The van der Waals surface area contributed by atoms with Crippen LogP contribution in [-0.2, 0) is 17.7 Å². The smallest absolute Gasteiger partial charge is 0.156 e. The molecule has 2 aromatic rings. The summed E-state index contributed by atoms with van der Waals surface area (Å²) in [6, 6.07) is 0. The number of aromatic nitrogens is 4. The monoisotopic (exact) mass is 289 g/mol. The molecule has 21 heavy (non-hydrogen) atoms. The molecule has 3 heterocycles. The van der Waals surface area contributed by atoms with E-state index in [1.54, 1.807) is 0 Å². The lowest BCUT2D eigenvalue weighted by Crippen LogP contribution is -2.20. The van der Waals surface area contributed by atoms with Crippen LogP contribution in [0.4, 0.5) is 5.82 Å². The molecule has 0 aromatic carbocycles. The summed E-state index contributed by atoms with van der Waals surface area (Å²) in [6.07, 6.45) is 3.38. The highest BCUT2D eigenvalue weighted by molar-refractivity contribution is 5.87. The fraction of sp³-hybridized carbons (Fsp3) is 0.667. The van der Waals surface area contributed by atoms with Gasteiger partial charge in [-0.3, -0.25) is 4.68 Å². The van der Waals surface area contributed by atoms with Crippen LogP contribution < -0.4 is 5.32 Å². The summed E-state index contributed by atoms with van der Waals surface area (Å²) in [5.74, 6) is 1.74. The largest absolute Gasteiger partial charge is 0.376 e. The highest BCUT2D eigenvalue weighted by atomic mass is 16.5. The van der Waals surface area contributed by atoms with Gasteiger partial charge in [0.2, 0.25) is 0 Å². The standard InChI is InChI=1S/C15H23N5O/c1-4-12-17-13-10(3)19-20(5-2)14(13)15(18-12)16-9-11-7-6-8-21-11/h11H,4-9H2,1-3H3,(H,16,17,18)/t11-/m1/s1. The van der Waals surface area contributed by atoms with Crippen molar-refractivity contribution in [3.05, 3.63) is 11.5 Å². The second kappa shape index (κ2) is 5.97. The van der Waals surface area contributed by atoms with Crippen molar-refractivity contribution in [1.82, 2.24) is 19.7 Å². The summed E-state index contributed by atoms with van der Waals surface area (Å²) in [5.41, 5.74) is 2.92. The van der Waals surface area contributed by atoms with Gasteiger partial charge in [0.15, 0.2) is 5.82 Å². The molecular formula is C15H23N5O.